The van der Waals surface area contributed by atoms with E-state index in [0.29, 0.717) is 5.69 Å². The molecule has 2 rings (SSSR count). The second-order valence-electron chi connectivity index (χ2n) is 3.57. The molecule has 0 aliphatic rings. The van der Waals surface area contributed by atoms with E-state index in [4.69, 9.17) is 4.42 Å². The summed E-state index contributed by atoms with van der Waals surface area (Å²) in [5.41, 5.74) is 2.54. The fourth-order valence-electron chi connectivity index (χ4n) is 1.42. The monoisotopic (exact) mass is 216 g/mol. The number of aromatic nitrogens is 1. The quantitative estimate of drug-likeness (QED) is 0.855. The van der Waals surface area contributed by atoms with Crippen molar-refractivity contribution in [1.29, 1.82) is 0 Å². The zero-order valence-corrected chi connectivity index (χ0v) is 8.93. The number of benzene rings is 1. The molecule has 16 heavy (non-hydrogen) atoms. The molecule has 4 nitrogen and oxygen atoms in total. The smallest absolute Gasteiger partial charge is 0.230 e. The van der Waals surface area contributed by atoms with Crippen LogP contribution in [0.15, 0.2) is 41.3 Å². The van der Waals surface area contributed by atoms with Crippen LogP contribution in [0.2, 0.25) is 0 Å². The number of hydrogen-bond donors (Lipinski definition) is 1. The molecule has 0 fully saturated rings. The van der Waals surface area contributed by atoms with Crippen molar-refractivity contribution < 1.29 is 9.21 Å². The lowest BCUT2D eigenvalue weighted by atomic mass is 10.2. The number of nitrogens with one attached hydrogen (secondary N) is 1. The molecule has 0 saturated carbocycles. The van der Waals surface area contributed by atoms with Gasteiger partial charge in [-0.2, -0.15) is 0 Å². The summed E-state index contributed by atoms with van der Waals surface area (Å²) in [7, 11) is 0. The summed E-state index contributed by atoms with van der Waals surface area (Å²) in [5, 5.41) is 2.80. The first kappa shape index (κ1) is 10.4. The first-order valence-electron chi connectivity index (χ1n) is 4.97. The molecule has 0 spiro atoms. The van der Waals surface area contributed by atoms with Gasteiger partial charge in [-0.3, -0.25) is 4.79 Å². The van der Waals surface area contributed by atoms with Crippen LogP contribution in [0.4, 0.5) is 5.69 Å². The van der Waals surface area contributed by atoms with Crippen molar-refractivity contribution in [2.75, 3.05) is 5.32 Å². The first-order valence-corrected chi connectivity index (χ1v) is 4.97. The third kappa shape index (κ3) is 2.70. The summed E-state index contributed by atoms with van der Waals surface area (Å²) in [6, 6.07) is 7.66. The average Bonchev–Trinajstić information content (AvgIpc) is 2.70. The molecule has 0 radical (unpaired) electrons. The fraction of sp³-hybridized carbons (Fsp3) is 0.167. The Kier molecular flexibility index (Phi) is 3.00. The molecular weight excluding hydrogens is 204 g/mol. The van der Waals surface area contributed by atoms with Crippen LogP contribution in [-0.2, 0) is 11.2 Å². The second-order valence-corrected chi connectivity index (χ2v) is 3.57. The van der Waals surface area contributed by atoms with Gasteiger partial charge in [0.25, 0.3) is 0 Å². The van der Waals surface area contributed by atoms with Crippen LogP contribution in [-0.4, -0.2) is 10.9 Å². The van der Waals surface area contributed by atoms with Crippen molar-refractivity contribution in [3.05, 3.63) is 48.2 Å². The van der Waals surface area contributed by atoms with Crippen LogP contribution in [0.25, 0.3) is 0 Å². The van der Waals surface area contributed by atoms with Crippen LogP contribution in [0.5, 0.6) is 0 Å². The second kappa shape index (κ2) is 4.61. The molecule has 0 unspecified atom stereocenters. The maximum atomic E-state index is 11.6. The van der Waals surface area contributed by atoms with E-state index in [-0.39, 0.29) is 12.3 Å². The summed E-state index contributed by atoms with van der Waals surface area (Å²) >= 11 is 0. The zero-order valence-electron chi connectivity index (χ0n) is 8.93. The number of oxazole rings is 1. The van der Waals surface area contributed by atoms with Crippen molar-refractivity contribution in [2.45, 2.75) is 13.3 Å². The Labute approximate surface area is 93.3 Å². The standard InChI is InChI=1S/C12H12N2O2/c1-9-3-2-4-10(5-9)14-12(15)6-11-7-16-8-13-11/h2-5,7-8H,6H2,1H3,(H,14,15). The minimum Gasteiger partial charge on any atom is -0.451 e. The summed E-state index contributed by atoms with van der Waals surface area (Å²) in [6.07, 6.45) is 3.01. The largest absolute Gasteiger partial charge is 0.451 e. The molecule has 1 amide bonds. The number of amides is 1. The molecule has 1 aromatic heterocycles. The number of carbonyl (C=O) groups excluding carboxylic acids is 1. The molecule has 0 atom stereocenters. The van der Waals surface area contributed by atoms with Crippen molar-refractivity contribution in [3.63, 3.8) is 0 Å². The van der Waals surface area contributed by atoms with E-state index in [1.54, 1.807) is 0 Å². The Hall–Kier alpha value is -2.10. The van der Waals surface area contributed by atoms with Gasteiger partial charge in [-0.25, -0.2) is 4.98 Å². The van der Waals surface area contributed by atoms with Gasteiger partial charge < -0.3 is 9.73 Å². The highest BCUT2D eigenvalue weighted by atomic mass is 16.3. The van der Waals surface area contributed by atoms with E-state index >= 15 is 0 Å². The van der Waals surface area contributed by atoms with E-state index in [1.165, 1.54) is 12.7 Å². The van der Waals surface area contributed by atoms with E-state index in [1.807, 2.05) is 31.2 Å². The molecule has 0 saturated heterocycles. The lowest BCUT2D eigenvalue weighted by molar-refractivity contribution is -0.115. The van der Waals surface area contributed by atoms with Gasteiger partial charge in [-0.1, -0.05) is 12.1 Å². The number of anilines is 1. The van der Waals surface area contributed by atoms with Crippen molar-refractivity contribution in [3.8, 4) is 0 Å². The minimum absolute atomic E-state index is 0.0977. The van der Waals surface area contributed by atoms with Gasteiger partial charge in [0.15, 0.2) is 6.39 Å². The highest BCUT2D eigenvalue weighted by molar-refractivity contribution is 5.92. The molecule has 2 aromatic rings. The predicted molar refractivity (Wildman–Crippen MR) is 60.0 cm³/mol. The number of hydrogen-bond acceptors (Lipinski definition) is 3. The normalized spacial score (nSPS) is 10.1. The van der Waals surface area contributed by atoms with Gasteiger partial charge in [0, 0.05) is 5.69 Å². The lowest BCUT2D eigenvalue weighted by Crippen LogP contribution is -2.14. The summed E-state index contributed by atoms with van der Waals surface area (Å²) in [6.45, 7) is 1.98. The summed E-state index contributed by atoms with van der Waals surface area (Å²) in [5.74, 6) is -0.0977. The van der Waals surface area contributed by atoms with Gasteiger partial charge in [0.1, 0.15) is 6.26 Å². The average molecular weight is 216 g/mol. The Morgan fingerprint density at radius 2 is 2.38 bits per heavy atom. The molecule has 0 bridgehead atoms. The van der Waals surface area contributed by atoms with Gasteiger partial charge in [0.05, 0.1) is 12.1 Å². The lowest BCUT2D eigenvalue weighted by Gasteiger charge is -2.04. The third-order valence-corrected chi connectivity index (χ3v) is 2.13. The molecule has 4 heteroatoms. The Morgan fingerprint density at radius 3 is 3.06 bits per heavy atom. The molecule has 82 valence electrons. The highest BCUT2D eigenvalue weighted by Crippen LogP contribution is 2.10. The van der Waals surface area contributed by atoms with E-state index in [2.05, 4.69) is 10.3 Å². The van der Waals surface area contributed by atoms with Crippen LogP contribution in [0.1, 0.15) is 11.3 Å². The van der Waals surface area contributed by atoms with Crippen LogP contribution in [0, 0.1) is 6.92 Å². The van der Waals surface area contributed by atoms with Crippen LogP contribution < -0.4 is 5.32 Å². The number of rotatable bonds is 3. The third-order valence-electron chi connectivity index (χ3n) is 2.13. The predicted octanol–water partition coefficient (Wildman–Crippen LogP) is 2.16. The van der Waals surface area contributed by atoms with E-state index in [0.717, 1.165) is 11.3 Å². The molecule has 1 N–H and O–H groups in total. The van der Waals surface area contributed by atoms with Crippen LogP contribution in [0.3, 0.4) is 0 Å². The molecule has 1 heterocycles. The molecule has 0 aliphatic carbocycles. The van der Waals surface area contributed by atoms with E-state index in [9.17, 15) is 4.79 Å². The van der Waals surface area contributed by atoms with Gasteiger partial charge in [-0.15, -0.1) is 0 Å². The fourth-order valence-corrected chi connectivity index (χ4v) is 1.42. The SMILES string of the molecule is Cc1cccc(NC(=O)Cc2cocn2)c1. The van der Waals surface area contributed by atoms with Gasteiger partial charge in [0.2, 0.25) is 5.91 Å². The molecule has 0 aliphatic heterocycles. The Bertz CT molecular complexity index is 478. The number of aryl methyl sites for hydroxylation is 1. The van der Waals surface area contributed by atoms with Gasteiger partial charge in [-0.05, 0) is 24.6 Å². The Morgan fingerprint density at radius 1 is 1.50 bits per heavy atom. The summed E-state index contributed by atoms with van der Waals surface area (Å²) in [4.78, 5) is 15.5. The molecule has 1 aromatic carbocycles. The highest BCUT2D eigenvalue weighted by Gasteiger charge is 2.05. The van der Waals surface area contributed by atoms with E-state index < -0.39 is 0 Å². The van der Waals surface area contributed by atoms with Crippen LogP contribution >= 0.6 is 0 Å². The number of nitrogens with zero attached hydrogens (tertiary/aromatic N) is 1. The van der Waals surface area contributed by atoms with Crippen molar-refractivity contribution in [1.82, 2.24) is 4.98 Å². The minimum atomic E-state index is -0.0977. The van der Waals surface area contributed by atoms with Gasteiger partial charge >= 0.3 is 0 Å². The number of carbonyl (C=O) groups is 1. The van der Waals surface area contributed by atoms with Crippen molar-refractivity contribution >= 4 is 11.6 Å². The molecular formula is C12H12N2O2. The maximum Gasteiger partial charge on any atom is 0.230 e. The van der Waals surface area contributed by atoms with Crippen molar-refractivity contribution in [2.24, 2.45) is 0 Å². The zero-order chi connectivity index (χ0) is 11.4. The maximum absolute atomic E-state index is 11.6. The first-order chi connectivity index (χ1) is 7.74. The summed E-state index contributed by atoms with van der Waals surface area (Å²) < 4.78 is 4.79. The Balaban J connectivity index is 1.97. The topological polar surface area (TPSA) is 55.1 Å².